The second-order valence-corrected chi connectivity index (χ2v) is 7.92. The predicted octanol–water partition coefficient (Wildman–Crippen LogP) is 1.80. The van der Waals surface area contributed by atoms with Gasteiger partial charge in [-0.1, -0.05) is 0 Å². The minimum atomic E-state index is -0.499. The fourth-order valence-corrected chi connectivity index (χ4v) is 4.86. The Kier molecular flexibility index (Phi) is 4.11. The highest BCUT2D eigenvalue weighted by molar-refractivity contribution is 6.11. The molecule has 3 aliphatic rings. The van der Waals surface area contributed by atoms with Crippen LogP contribution in [-0.4, -0.2) is 58.5 Å². The zero-order valence-corrected chi connectivity index (χ0v) is 17.3. The normalized spacial score (nSPS) is 23.2. The van der Waals surface area contributed by atoms with E-state index in [1.165, 1.54) is 26.4 Å². The summed E-state index contributed by atoms with van der Waals surface area (Å²) in [6.07, 6.45) is 5.30. The molecule has 3 heterocycles. The molecule has 1 saturated heterocycles. The largest absolute Gasteiger partial charge is 0.480 e. The minimum absolute atomic E-state index is 0.155. The third kappa shape index (κ3) is 2.66. The molecule has 2 aliphatic carbocycles. The van der Waals surface area contributed by atoms with E-state index < -0.39 is 11.4 Å². The number of aromatic nitrogens is 3. The monoisotopic (exact) mass is 420 g/mol. The Hall–Kier alpha value is -3.75. The molecule has 0 bridgehead atoms. The molecular formula is C22H20N4O5. The van der Waals surface area contributed by atoms with Gasteiger partial charge < -0.3 is 19.4 Å². The van der Waals surface area contributed by atoms with Gasteiger partial charge in [0.15, 0.2) is 0 Å². The maximum Gasteiger partial charge on any atom is 0.340 e. The van der Waals surface area contributed by atoms with Gasteiger partial charge in [-0.25, -0.2) is 4.79 Å². The number of allylic oxidation sites excluding steroid dienone is 2. The number of nitrogens with one attached hydrogen (secondary N) is 1. The Labute approximate surface area is 177 Å². The van der Waals surface area contributed by atoms with E-state index in [0.29, 0.717) is 46.3 Å². The van der Waals surface area contributed by atoms with Crippen molar-refractivity contribution < 1.29 is 23.9 Å². The van der Waals surface area contributed by atoms with Crippen molar-refractivity contribution in [2.24, 2.45) is 5.92 Å². The minimum Gasteiger partial charge on any atom is -0.480 e. The Morgan fingerprint density at radius 2 is 2.10 bits per heavy atom. The summed E-state index contributed by atoms with van der Waals surface area (Å²) in [7, 11) is 2.82. The summed E-state index contributed by atoms with van der Waals surface area (Å²) in [5, 5.41) is 7.86. The molecule has 31 heavy (non-hydrogen) atoms. The lowest BCUT2D eigenvalue weighted by Gasteiger charge is -2.27. The number of ketones is 1. The van der Waals surface area contributed by atoms with Crippen molar-refractivity contribution in [2.45, 2.75) is 18.8 Å². The van der Waals surface area contributed by atoms with E-state index in [0.717, 1.165) is 6.42 Å². The summed E-state index contributed by atoms with van der Waals surface area (Å²) in [6.45, 7) is 2.24. The molecule has 0 unspecified atom stereocenters. The maximum absolute atomic E-state index is 13.0. The van der Waals surface area contributed by atoms with Gasteiger partial charge in [-0.2, -0.15) is 0 Å². The molecule has 2 aromatic heterocycles. The van der Waals surface area contributed by atoms with Crippen molar-refractivity contribution in [3.8, 4) is 5.88 Å². The van der Waals surface area contributed by atoms with E-state index >= 15 is 0 Å². The number of fused-ring (bicyclic) bond motifs is 1. The van der Waals surface area contributed by atoms with Crippen LogP contribution in [0.2, 0.25) is 0 Å². The summed E-state index contributed by atoms with van der Waals surface area (Å²) in [6, 6.07) is 3.35. The first-order valence-electron chi connectivity index (χ1n) is 9.86. The van der Waals surface area contributed by atoms with Crippen molar-refractivity contribution in [2.75, 3.05) is 20.8 Å². The summed E-state index contributed by atoms with van der Waals surface area (Å²) < 4.78 is 9.94. The molecule has 1 saturated carbocycles. The summed E-state index contributed by atoms with van der Waals surface area (Å²) in [5.41, 5.74) is 2.75. The van der Waals surface area contributed by atoms with Gasteiger partial charge >= 0.3 is 5.97 Å². The molecule has 1 aliphatic heterocycles. The van der Waals surface area contributed by atoms with Gasteiger partial charge in [0.1, 0.15) is 0 Å². The second-order valence-electron chi connectivity index (χ2n) is 7.92. The number of hydrogen-bond acceptors (Lipinski definition) is 7. The van der Waals surface area contributed by atoms with Crippen molar-refractivity contribution in [1.29, 1.82) is 0 Å². The number of H-pyrrole nitrogens is 1. The molecule has 5 rings (SSSR count). The molecule has 0 aromatic carbocycles. The Morgan fingerprint density at radius 1 is 1.29 bits per heavy atom. The van der Waals surface area contributed by atoms with Gasteiger partial charge in [0.2, 0.25) is 11.7 Å². The first-order valence-corrected chi connectivity index (χ1v) is 9.86. The molecule has 9 nitrogen and oxygen atoms in total. The number of likely N-dealkylation sites (tertiary alicyclic amines) is 1. The predicted molar refractivity (Wildman–Crippen MR) is 108 cm³/mol. The van der Waals surface area contributed by atoms with Crippen LogP contribution in [0.15, 0.2) is 30.0 Å². The summed E-state index contributed by atoms with van der Waals surface area (Å²) in [4.78, 5) is 42.9. The molecule has 1 spiro atoms. The highest BCUT2D eigenvalue weighted by Crippen LogP contribution is 2.67. The number of esters is 1. The highest BCUT2D eigenvalue weighted by atomic mass is 16.5. The van der Waals surface area contributed by atoms with Gasteiger partial charge in [0.25, 0.3) is 5.91 Å². The van der Waals surface area contributed by atoms with Crippen LogP contribution >= 0.6 is 0 Å². The first-order chi connectivity index (χ1) is 14.9. The van der Waals surface area contributed by atoms with Crippen molar-refractivity contribution in [3.05, 3.63) is 58.2 Å². The third-order valence-electron chi connectivity index (χ3n) is 6.33. The van der Waals surface area contributed by atoms with E-state index in [9.17, 15) is 14.4 Å². The zero-order valence-electron chi connectivity index (χ0n) is 17.3. The lowest BCUT2D eigenvalue weighted by Crippen LogP contribution is -2.33. The average molecular weight is 420 g/mol. The SMILES string of the molecule is COC(=O)c1c(C)[nH]c2c1[C@@]13C[C@@H]1CN(C(=O)/C=C/c1ccc(OC)nn1)C3=CC2=O. The van der Waals surface area contributed by atoms with Crippen LogP contribution in [0.4, 0.5) is 0 Å². The molecule has 2 atom stereocenters. The Balaban J connectivity index is 1.47. The number of aryl methyl sites for hydroxylation is 1. The zero-order chi connectivity index (χ0) is 21.9. The molecule has 0 radical (unpaired) electrons. The van der Waals surface area contributed by atoms with E-state index in [2.05, 4.69) is 15.2 Å². The number of amides is 1. The first kappa shape index (κ1) is 19.2. The van der Waals surface area contributed by atoms with Crippen molar-refractivity contribution in [3.63, 3.8) is 0 Å². The van der Waals surface area contributed by atoms with Crippen LogP contribution in [0.5, 0.6) is 5.88 Å². The van der Waals surface area contributed by atoms with Gasteiger partial charge in [-0.05, 0) is 31.4 Å². The van der Waals surface area contributed by atoms with Gasteiger partial charge in [-0.3, -0.25) is 9.59 Å². The van der Waals surface area contributed by atoms with Gasteiger partial charge in [0, 0.05) is 47.1 Å². The number of hydrogen-bond donors (Lipinski definition) is 1. The number of piperidine rings is 1. The molecule has 1 amide bonds. The van der Waals surface area contributed by atoms with Crippen LogP contribution in [0, 0.1) is 12.8 Å². The lowest BCUT2D eigenvalue weighted by molar-refractivity contribution is -0.123. The van der Waals surface area contributed by atoms with Crippen molar-refractivity contribution in [1.82, 2.24) is 20.1 Å². The number of aromatic amines is 1. The van der Waals surface area contributed by atoms with E-state index in [1.54, 1.807) is 30.0 Å². The lowest BCUT2D eigenvalue weighted by atomic mass is 9.82. The van der Waals surface area contributed by atoms with E-state index in [1.807, 2.05) is 0 Å². The number of ether oxygens (including phenoxy) is 2. The topological polar surface area (TPSA) is 114 Å². The highest BCUT2D eigenvalue weighted by Gasteiger charge is 2.68. The molecular weight excluding hydrogens is 400 g/mol. The molecule has 158 valence electrons. The Morgan fingerprint density at radius 3 is 2.77 bits per heavy atom. The van der Waals surface area contributed by atoms with Gasteiger partial charge in [0.05, 0.1) is 31.2 Å². The molecule has 2 aromatic rings. The van der Waals surface area contributed by atoms with Crippen LogP contribution in [0.25, 0.3) is 6.08 Å². The summed E-state index contributed by atoms with van der Waals surface area (Å²) in [5.74, 6) is -0.438. The fourth-order valence-electron chi connectivity index (χ4n) is 4.86. The average Bonchev–Trinajstić information content (AvgIpc) is 3.22. The molecule has 2 fully saturated rings. The second kappa shape index (κ2) is 6.63. The van der Waals surface area contributed by atoms with Crippen LogP contribution < -0.4 is 4.74 Å². The van der Waals surface area contributed by atoms with E-state index in [4.69, 9.17) is 9.47 Å². The number of rotatable bonds is 4. The number of carbonyl (C=O) groups is 3. The Bertz CT molecular complexity index is 1190. The smallest absolute Gasteiger partial charge is 0.340 e. The maximum atomic E-state index is 13.0. The van der Waals surface area contributed by atoms with Crippen LogP contribution in [-0.2, 0) is 14.9 Å². The number of nitrogens with zero attached hydrogens (tertiary/aromatic N) is 3. The van der Waals surface area contributed by atoms with E-state index in [-0.39, 0.29) is 17.6 Å². The standard InChI is InChI=1S/C22H20N4O5/c1-11-18(21(29)31-3)19-20(23-11)14(27)8-15-22(19)9-12(22)10-26(15)17(28)7-5-13-4-6-16(30-2)25-24-13/h4-8,12,23H,9-10H2,1-3H3/b7-5+/t12-,22+/m1/s1. The third-order valence-corrected chi connectivity index (χ3v) is 6.33. The van der Waals surface area contributed by atoms with Crippen LogP contribution in [0.1, 0.15) is 44.2 Å². The van der Waals surface area contributed by atoms with Crippen molar-refractivity contribution >= 4 is 23.7 Å². The quantitative estimate of drug-likeness (QED) is 0.592. The van der Waals surface area contributed by atoms with Crippen LogP contribution in [0.3, 0.4) is 0 Å². The fraction of sp³-hybridized carbons (Fsp3) is 0.318. The van der Waals surface area contributed by atoms with Gasteiger partial charge in [-0.15, -0.1) is 10.2 Å². The molecule has 1 N–H and O–H groups in total. The number of carbonyl (C=O) groups excluding carboxylic acids is 3. The number of methoxy groups -OCH3 is 2. The molecule has 9 heteroatoms. The summed E-state index contributed by atoms with van der Waals surface area (Å²) >= 11 is 0.